The minimum absolute atomic E-state index is 0.281. The predicted octanol–water partition coefficient (Wildman–Crippen LogP) is 6.10. The second-order valence-corrected chi connectivity index (χ2v) is 10.8. The van der Waals surface area contributed by atoms with Crippen LogP contribution in [0.25, 0.3) is 5.57 Å². The van der Waals surface area contributed by atoms with Crippen molar-refractivity contribution in [3.63, 3.8) is 0 Å². The Bertz CT molecular complexity index is 1160. The fraction of sp³-hybridized carbons (Fsp3) is 0.407. The number of benzene rings is 2. The summed E-state index contributed by atoms with van der Waals surface area (Å²) < 4.78 is 35.4. The quantitative estimate of drug-likeness (QED) is 0.600. The Kier molecular flexibility index (Phi) is 5.85. The van der Waals surface area contributed by atoms with E-state index in [0.29, 0.717) is 17.5 Å². The zero-order valence-electron chi connectivity index (χ0n) is 18.6. The molecule has 2 aromatic carbocycles. The summed E-state index contributed by atoms with van der Waals surface area (Å²) in [4.78, 5) is 0.281. The van der Waals surface area contributed by atoms with Crippen molar-refractivity contribution in [2.75, 3.05) is 11.8 Å². The number of rotatable bonds is 5. The molecule has 168 valence electrons. The number of ether oxygens (including phenoxy) is 1. The molecule has 3 aliphatic rings. The van der Waals surface area contributed by atoms with E-state index in [1.54, 1.807) is 31.4 Å². The van der Waals surface area contributed by atoms with Crippen LogP contribution in [0.4, 0.5) is 5.69 Å². The van der Waals surface area contributed by atoms with Crippen LogP contribution in [0.15, 0.2) is 65.3 Å². The summed E-state index contributed by atoms with van der Waals surface area (Å²) in [6.07, 6.45) is 13.5. The monoisotopic (exact) mass is 449 g/mol. The fourth-order valence-corrected chi connectivity index (χ4v) is 6.84. The minimum atomic E-state index is -3.69. The molecule has 0 aliphatic heterocycles. The lowest BCUT2D eigenvalue weighted by atomic mass is 9.69. The lowest BCUT2D eigenvalue weighted by Crippen LogP contribution is -2.25. The van der Waals surface area contributed by atoms with Gasteiger partial charge < -0.3 is 4.74 Å². The summed E-state index contributed by atoms with van der Waals surface area (Å²) >= 11 is 0. The van der Waals surface area contributed by atoms with Gasteiger partial charge in [-0.1, -0.05) is 43.2 Å². The van der Waals surface area contributed by atoms with Crippen LogP contribution in [0.2, 0.25) is 0 Å². The van der Waals surface area contributed by atoms with E-state index in [9.17, 15) is 8.42 Å². The maximum atomic E-state index is 13.3. The summed E-state index contributed by atoms with van der Waals surface area (Å²) in [5.74, 6) is 1.75. The van der Waals surface area contributed by atoms with Gasteiger partial charge in [-0.3, -0.25) is 4.72 Å². The van der Waals surface area contributed by atoms with Gasteiger partial charge in [0.1, 0.15) is 5.76 Å². The molecule has 5 heteroatoms. The van der Waals surface area contributed by atoms with E-state index >= 15 is 0 Å². The van der Waals surface area contributed by atoms with Gasteiger partial charge in [0, 0.05) is 11.1 Å². The SMILES string of the molecule is COC1=C(c2c(NS(=O)(=O)c3ccccc3)ccc3c2CCCC3)C2CCCCC2C=C1. The van der Waals surface area contributed by atoms with Crippen molar-refractivity contribution in [1.29, 1.82) is 0 Å². The maximum absolute atomic E-state index is 13.3. The van der Waals surface area contributed by atoms with Crippen molar-refractivity contribution in [2.45, 2.75) is 56.3 Å². The number of aryl methyl sites for hydroxylation is 1. The Labute approximate surface area is 191 Å². The molecule has 1 saturated carbocycles. The third-order valence-corrected chi connectivity index (χ3v) is 8.65. The molecule has 0 radical (unpaired) electrons. The number of methoxy groups -OCH3 is 1. The molecule has 0 aromatic heterocycles. The van der Waals surface area contributed by atoms with Gasteiger partial charge in [-0.05, 0) is 85.8 Å². The average Bonchev–Trinajstić information content (AvgIpc) is 2.84. The van der Waals surface area contributed by atoms with Crippen molar-refractivity contribution < 1.29 is 13.2 Å². The van der Waals surface area contributed by atoms with Crippen LogP contribution in [-0.4, -0.2) is 15.5 Å². The van der Waals surface area contributed by atoms with Crippen LogP contribution >= 0.6 is 0 Å². The molecule has 1 fully saturated rings. The van der Waals surface area contributed by atoms with Gasteiger partial charge in [0.05, 0.1) is 17.7 Å². The number of allylic oxidation sites excluding steroid dienone is 3. The van der Waals surface area contributed by atoms with Gasteiger partial charge in [0.2, 0.25) is 0 Å². The predicted molar refractivity (Wildman–Crippen MR) is 129 cm³/mol. The second kappa shape index (κ2) is 8.78. The molecular formula is C27H31NO3S. The van der Waals surface area contributed by atoms with Crippen molar-refractivity contribution in [3.8, 4) is 0 Å². The minimum Gasteiger partial charge on any atom is -0.496 e. The van der Waals surface area contributed by atoms with E-state index in [-0.39, 0.29) is 4.90 Å². The van der Waals surface area contributed by atoms with Crippen molar-refractivity contribution in [3.05, 3.63) is 77.1 Å². The van der Waals surface area contributed by atoms with Gasteiger partial charge >= 0.3 is 0 Å². The van der Waals surface area contributed by atoms with Crippen molar-refractivity contribution in [2.24, 2.45) is 11.8 Å². The Morgan fingerprint density at radius 3 is 2.53 bits per heavy atom. The molecule has 0 spiro atoms. The van der Waals surface area contributed by atoms with Crippen LogP contribution in [0, 0.1) is 11.8 Å². The number of hydrogen-bond acceptors (Lipinski definition) is 3. The van der Waals surface area contributed by atoms with Gasteiger partial charge in [-0.25, -0.2) is 8.42 Å². The highest BCUT2D eigenvalue weighted by Gasteiger charge is 2.35. The van der Waals surface area contributed by atoms with Gasteiger partial charge in [-0.15, -0.1) is 0 Å². The van der Waals surface area contributed by atoms with E-state index in [4.69, 9.17) is 4.74 Å². The summed E-state index contributed by atoms with van der Waals surface area (Å²) in [5.41, 5.74) is 5.59. The molecule has 32 heavy (non-hydrogen) atoms. The molecule has 5 rings (SSSR count). The Balaban J connectivity index is 1.68. The van der Waals surface area contributed by atoms with Gasteiger partial charge in [-0.2, -0.15) is 0 Å². The van der Waals surface area contributed by atoms with Crippen LogP contribution in [0.3, 0.4) is 0 Å². The van der Waals surface area contributed by atoms with Crippen LogP contribution in [0.5, 0.6) is 0 Å². The van der Waals surface area contributed by atoms with E-state index in [2.05, 4.69) is 22.9 Å². The Morgan fingerprint density at radius 1 is 0.938 bits per heavy atom. The zero-order valence-corrected chi connectivity index (χ0v) is 19.5. The first-order chi connectivity index (χ1) is 15.6. The van der Waals surface area contributed by atoms with Crippen LogP contribution in [-0.2, 0) is 27.6 Å². The largest absolute Gasteiger partial charge is 0.496 e. The molecule has 0 bridgehead atoms. The molecule has 2 unspecified atom stereocenters. The molecular weight excluding hydrogens is 418 g/mol. The first-order valence-corrected chi connectivity index (χ1v) is 13.3. The number of fused-ring (bicyclic) bond motifs is 2. The average molecular weight is 450 g/mol. The molecule has 2 atom stereocenters. The first kappa shape index (κ1) is 21.3. The van der Waals surface area contributed by atoms with E-state index in [1.165, 1.54) is 42.4 Å². The topological polar surface area (TPSA) is 55.4 Å². The van der Waals surface area contributed by atoms with Gasteiger partial charge in [0.15, 0.2) is 0 Å². The van der Waals surface area contributed by atoms with E-state index in [0.717, 1.165) is 37.0 Å². The molecule has 3 aliphatic carbocycles. The Hall–Kier alpha value is -2.53. The number of sulfonamides is 1. The van der Waals surface area contributed by atoms with Crippen LogP contribution < -0.4 is 4.72 Å². The number of nitrogens with one attached hydrogen (secondary N) is 1. The summed E-state index contributed by atoms with van der Waals surface area (Å²) in [6, 6.07) is 12.7. The highest BCUT2D eigenvalue weighted by molar-refractivity contribution is 7.92. The lowest BCUT2D eigenvalue weighted by molar-refractivity contribution is 0.283. The smallest absolute Gasteiger partial charge is 0.261 e. The fourth-order valence-electron chi connectivity index (χ4n) is 5.74. The summed E-state index contributed by atoms with van der Waals surface area (Å²) in [6.45, 7) is 0. The highest BCUT2D eigenvalue weighted by Crippen LogP contribution is 2.49. The third-order valence-electron chi connectivity index (χ3n) is 7.27. The molecule has 0 amide bonds. The first-order valence-electron chi connectivity index (χ1n) is 11.8. The summed E-state index contributed by atoms with van der Waals surface area (Å²) in [7, 11) is -1.96. The van der Waals surface area contributed by atoms with Crippen molar-refractivity contribution in [1.82, 2.24) is 0 Å². The zero-order chi connectivity index (χ0) is 22.1. The summed E-state index contributed by atoms with van der Waals surface area (Å²) in [5, 5.41) is 0. The molecule has 0 heterocycles. The normalized spacial score (nSPS) is 22.8. The van der Waals surface area contributed by atoms with E-state index < -0.39 is 10.0 Å². The second-order valence-electron chi connectivity index (χ2n) is 9.15. The molecule has 2 aromatic rings. The highest BCUT2D eigenvalue weighted by atomic mass is 32.2. The van der Waals surface area contributed by atoms with Gasteiger partial charge in [0.25, 0.3) is 10.0 Å². The van der Waals surface area contributed by atoms with Crippen molar-refractivity contribution >= 4 is 21.3 Å². The number of hydrogen-bond donors (Lipinski definition) is 1. The van der Waals surface area contributed by atoms with E-state index in [1.807, 2.05) is 12.1 Å². The third kappa shape index (κ3) is 3.88. The van der Waals surface area contributed by atoms with Crippen LogP contribution in [0.1, 0.15) is 55.2 Å². The standard InChI is InChI=1S/C27H31NO3S/c1-31-25-18-16-20-10-6-8-14-23(20)27(25)26-22-13-7-5-9-19(22)15-17-24(26)28-32(29,30)21-11-3-2-4-12-21/h2-4,11-12,15-18,20,23,28H,5-10,13-14H2,1H3. The molecule has 4 nitrogen and oxygen atoms in total. The lowest BCUT2D eigenvalue weighted by Gasteiger charge is -2.37. The Morgan fingerprint density at radius 2 is 1.72 bits per heavy atom. The molecule has 0 saturated heterocycles. The maximum Gasteiger partial charge on any atom is 0.261 e. The molecule has 1 N–H and O–H groups in total. The number of anilines is 1.